The fourth-order valence-electron chi connectivity index (χ4n) is 1.68. The Morgan fingerprint density at radius 2 is 1.79 bits per heavy atom. The molecule has 0 nitrogen and oxygen atoms in total. The van der Waals surface area contributed by atoms with Crippen molar-refractivity contribution in [3.63, 3.8) is 0 Å². The second kappa shape index (κ2) is 4.33. The Hall–Kier alpha value is -1.22. The van der Waals surface area contributed by atoms with E-state index in [2.05, 4.69) is 51.8 Å². The SMILES string of the molecule is C#CC(C)c1cc(C)ccc1C(C)C. The van der Waals surface area contributed by atoms with E-state index in [-0.39, 0.29) is 5.92 Å². The molecule has 1 atom stereocenters. The summed E-state index contributed by atoms with van der Waals surface area (Å²) in [6.45, 7) is 8.60. The lowest BCUT2D eigenvalue weighted by Crippen LogP contribution is -1.99. The van der Waals surface area contributed by atoms with Gasteiger partial charge in [-0.15, -0.1) is 6.42 Å². The first-order chi connectivity index (χ1) is 6.56. The third-order valence-electron chi connectivity index (χ3n) is 2.58. The van der Waals surface area contributed by atoms with E-state index in [1.54, 1.807) is 0 Å². The molecule has 0 aliphatic heterocycles. The van der Waals surface area contributed by atoms with Crippen molar-refractivity contribution in [2.45, 2.75) is 39.5 Å². The normalized spacial score (nSPS) is 12.6. The first-order valence-electron chi connectivity index (χ1n) is 5.12. The van der Waals surface area contributed by atoms with Crippen molar-refractivity contribution >= 4 is 0 Å². The van der Waals surface area contributed by atoms with E-state index in [1.807, 2.05) is 0 Å². The summed E-state index contributed by atoms with van der Waals surface area (Å²) in [7, 11) is 0. The molecule has 0 bridgehead atoms. The average molecular weight is 186 g/mol. The molecule has 0 N–H and O–H groups in total. The van der Waals surface area contributed by atoms with Crippen LogP contribution >= 0.6 is 0 Å². The lowest BCUT2D eigenvalue weighted by Gasteiger charge is -2.15. The van der Waals surface area contributed by atoms with Gasteiger partial charge in [-0.3, -0.25) is 0 Å². The van der Waals surface area contributed by atoms with Gasteiger partial charge in [-0.25, -0.2) is 0 Å². The fraction of sp³-hybridized carbons (Fsp3) is 0.429. The van der Waals surface area contributed by atoms with Gasteiger partial charge in [0.05, 0.1) is 0 Å². The van der Waals surface area contributed by atoms with Gasteiger partial charge in [0.25, 0.3) is 0 Å². The van der Waals surface area contributed by atoms with Gasteiger partial charge in [-0.2, -0.15) is 0 Å². The van der Waals surface area contributed by atoms with E-state index in [4.69, 9.17) is 6.42 Å². The minimum Gasteiger partial charge on any atom is -0.119 e. The molecule has 0 spiro atoms. The van der Waals surface area contributed by atoms with E-state index in [0.29, 0.717) is 5.92 Å². The number of benzene rings is 1. The molecular formula is C14H18. The fourth-order valence-corrected chi connectivity index (χ4v) is 1.68. The average Bonchev–Trinajstić information content (AvgIpc) is 2.16. The zero-order chi connectivity index (χ0) is 10.7. The van der Waals surface area contributed by atoms with E-state index in [1.165, 1.54) is 16.7 Å². The van der Waals surface area contributed by atoms with Crippen molar-refractivity contribution in [3.8, 4) is 12.3 Å². The van der Waals surface area contributed by atoms with Gasteiger partial charge in [0.15, 0.2) is 0 Å². The van der Waals surface area contributed by atoms with Gasteiger partial charge >= 0.3 is 0 Å². The maximum atomic E-state index is 5.47. The second-order valence-corrected chi connectivity index (χ2v) is 4.18. The number of hydrogen-bond acceptors (Lipinski definition) is 0. The van der Waals surface area contributed by atoms with Crippen molar-refractivity contribution in [3.05, 3.63) is 34.9 Å². The van der Waals surface area contributed by atoms with Gasteiger partial charge in [0, 0.05) is 5.92 Å². The van der Waals surface area contributed by atoms with Crippen LogP contribution in [0.25, 0.3) is 0 Å². The first kappa shape index (κ1) is 10.9. The third kappa shape index (κ3) is 2.17. The quantitative estimate of drug-likeness (QED) is 0.615. The molecule has 1 aromatic rings. The maximum Gasteiger partial charge on any atom is 0.0424 e. The highest BCUT2D eigenvalue weighted by Crippen LogP contribution is 2.26. The predicted octanol–water partition coefficient (Wildman–Crippen LogP) is 3.86. The highest BCUT2D eigenvalue weighted by molar-refractivity contribution is 5.38. The van der Waals surface area contributed by atoms with Crippen molar-refractivity contribution in [1.82, 2.24) is 0 Å². The van der Waals surface area contributed by atoms with Crippen LogP contribution in [0.15, 0.2) is 18.2 Å². The largest absolute Gasteiger partial charge is 0.119 e. The molecule has 0 amide bonds. The van der Waals surface area contributed by atoms with Gasteiger partial charge in [0.1, 0.15) is 0 Å². The predicted molar refractivity (Wildman–Crippen MR) is 62.5 cm³/mol. The summed E-state index contributed by atoms with van der Waals surface area (Å²) < 4.78 is 0. The molecule has 0 aliphatic rings. The molecule has 1 unspecified atom stereocenters. The third-order valence-corrected chi connectivity index (χ3v) is 2.58. The molecule has 0 aliphatic carbocycles. The van der Waals surface area contributed by atoms with Crippen LogP contribution in [-0.2, 0) is 0 Å². The molecule has 0 radical (unpaired) electrons. The van der Waals surface area contributed by atoms with Crippen LogP contribution in [0.2, 0.25) is 0 Å². The standard InChI is InChI=1S/C14H18/c1-6-12(5)14-9-11(4)7-8-13(14)10(2)3/h1,7-10,12H,2-5H3. The molecular weight excluding hydrogens is 168 g/mol. The summed E-state index contributed by atoms with van der Waals surface area (Å²) in [5.74, 6) is 3.56. The number of aryl methyl sites for hydroxylation is 1. The van der Waals surface area contributed by atoms with E-state index < -0.39 is 0 Å². The Morgan fingerprint density at radius 3 is 2.29 bits per heavy atom. The van der Waals surface area contributed by atoms with Crippen LogP contribution in [0.1, 0.15) is 49.3 Å². The molecule has 0 saturated heterocycles. The summed E-state index contributed by atoms with van der Waals surface area (Å²) in [4.78, 5) is 0. The van der Waals surface area contributed by atoms with Crippen LogP contribution in [0.4, 0.5) is 0 Å². The van der Waals surface area contributed by atoms with Crippen LogP contribution in [0.5, 0.6) is 0 Å². The molecule has 1 rings (SSSR count). The second-order valence-electron chi connectivity index (χ2n) is 4.18. The van der Waals surface area contributed by atoms with Crippen molar-refractivity contribution in [1.29, 1.82) is 0 Å². The molecule has 1 aromatic carbocycles. The summed E-state index contributed by atoms with van der Waals surface area (Å²) in [6.07, 6.45) is 5.47. The van der Waals surface area contributed by atoms with Crippen LogP contribution in [0.3, 0.4) is 0 Å². The maximum absolute atomic E-state index is 5.47. The monoisotopic (exact) mass is 186 g/mol. The number of terminal acetylenes is 1. The molecule has 0 heteroatoms. The van der Waals surface area contributed by atoms with Gasteiger partial charge in [-0.05, 0) is 30.9 Å². The molecule has 0 aromatic heterocycles. The minimum atomic E-state index is 0.215. The van der Waals surface area contributed by atoms with Gasteiger partial charge in [-0.1, -0.05) is 43.5 Å². The molecule has 0 heterocycles. The Bertz CT molecular complexity index is 353. The van der Waals surface area contributed by atoms with Crippen LogP contribution in [0, 0.1) is 19.3 Å². The molecule has 0 fully saturated rings. The molecule has 0 saturated carbocycles. The van der Waals surface area contributed by atoms with E-state index in [0.717, 1.165) is 0 Å². The van der Waals surface area contributed by atoms with Crippen molar-refractivity contribution in [2.75, 3.05) is 0 Å². The van der Waals surface area contributed by atoms with E-state index in [9.17, 15) is 0 Å². The van der Waals surface area contributed by atoms with Crippen molar-refractivity contribution < 1.29 is 0 Å². The minimum absolute atomic E-state index is 0.215. The molecule has 14 heavy (non-hydrogen) atoms. The highest BCUT2D eigenvalue weighted by atomic mass is 14.1. The Morgan fingerprint density at radius 1 is 1.14 bits per heavy atom. The summed E-state index contributed by atoms with van der Waals surface area (Å²) in [6, 6.07) is 6.56. The topological polar surface area (TPSA) is 0 Å². The highest BCUT2D eigenvalue weighted by Gasteiger charge is 2.10. The summed E-state index contributed by atoms with van der Waals surface area (Å²) in [5, 5.41) is 0. The Labute approximate surface area is 87.4 Å². The lowest BCUT2D eigenvalue weighted by atomic mass is 9.89. The summed E-state index contributed by atoms with van der Waals surface area (Å²) in [5.41, 5.74) is 3.97. The van der Waals surface area contributed by atoms with Crippen molar-refractivity contribution in [2.24, 2.45) is 0 Å². The number of rotatable bonds is 2. The lowest BCUT2D eigenvalue weighted by molar-refractivity contribution is 0.828. The zero-order valence-electron chi connectivity index (χ0n) is 9.46. The smallest absolute Gasteiger partial charge is 0.0424 e. The summed E-state index contributed by atoms with van der Waals surface area (Å²) >= 11 is 0. The van der Waals surface area contributed by atoms with Gasteiger partial charge < -0.3 is 0 Å². The Balaban J connectivity index is 3.24. The first-order valence-corrected chi connectivity index (χ1v) is 5.12. The van der Waals surface area contributed by atoms with Crippen LogP contribution in [-0.4, -0.2) is 0 Å². The Kier molecular flexibility index (Phi) is 3.36. The molecule has 74 valence electrons. The van der Waals surface area contributed by atoms with Gasteiger partial charge in [0.2, 0.25) is 0 Å². The number of hydrogen-bond donors (Lipinski definition) is 0. The zero-order valence-corrected chi connectivity index (χ0v) is 9.46. The van der Waals surface area contributed by atoms with Crippen LogP contribution < -0.4 is 0 Å². The van der Waals surface area contributed by atoms with E-state index >= 15 is 0 Å².